The molecule has 0 aliphatic carbocycles. The van der Waals surface area contributed by atoms with Crippen molar-refractivity contribution in [1.82, 2.24) is 5.32 Å². The third kappa shape index (κ3) is 6.24. The molecule has 2 atom stereocenters. The molecule has 0 fully saturated rings. The van der Waals surface area contributed by atoms with Crippen molar-refractivity contribution < 1.29 is 17.9 Å². The van der Waals surface area contributed by atoms with Crippen LogP contribution in [0.4, 0.5) is 13.2 Å². The number of halogens is 4. The lowest BCUT2D eigenvalue weighted by Gasteiger charge is -2.29. The zero-order valence-electron chi connectivity index (χ0n) is 12.6. The van der Waals surface area contributed by atoms with Crippen molar-refractivity contribution in [2.45, 2.75) is 51.6 Å². The summed E-state index contributed by atoms with van der Waals surface area (Å²) in [6.45, 7) is 7.05. The molecule has 0 heterocycles. The Morgan fingerprint density at radius 2 is 1.76 bits per heavy atom. The molecular weight excluding hydrogens is 303 g/mol. The molecule has 2 nitrogen and oxygen atoms in total. The first-order chi connectivity index (χ1) is 9.50. The summed E-state index contributed by atoms with van der Waals surface area (Å²) in [5, 5.41) is 3.55. The molecule has 0 aromatic heterocycles. The Morgan fingerprint density at radius 1 is 1.19 bits per heavy atom. The van der Waals surface area contributed by atoms with E-state index in [1.165, 1.54) is 0 Å². The summed E-state index contributed by atoms with van der Waals surface area (Å²) in [4.78, 5) is 0. The van der Waals surface area contributed by atoms with E-state index in [-0.39, 0.29) is 12.1 Å². The maximum atomic E-state index is 12.7. The summed E-state index contributed by atoms with van der Waals surface area (Å²) in [5.41, 5.74) is 0.316. The van der Waals surface area contributed by atoms with Gasteiger partial charge in [-0.25, -0.2) is 0 Å². The van der Waals surface area contributed by atoms with Gasteiger partial charge in [-0.15, -0.1) is 0 Å². The molecule has 6 heteroatoms. The molecule has 0 spiro atoms. The fourth-order valence-corrected chi connectivity index (χ4v) is 1.95. The normalized spacial score (nSPS) is 15.8. The van der Waals surface area contributed by atoms with Crippen LogP contribution in [0.25, 0.3) is 0 Å². The maximum absolute atomic E-state index is 12.7. The summed E-state index contributed by atoms with van der Waals surface area (Å²) in [5.74, 6) is 0. The van der Waals surface area contributed by atoms with Crippen molar-refractivity contribution in [1.29, 1.82) is 0 Å². The molecular formula is C15H21ClF3NO. The largest absolute Gasteiger partial charge is 0.414 e. The lowest BCUT2D eigenvalue weighted by molar-refractivity contribution is -0.227. The first-order valence-electron chi connectivity index (χ1n) is 6.72. The van der Waals surface area contributed by atoms with Crippen LogP contribution in [0.3, 0.4) is 0 Å². The third-order valence-corrected chi connectivity index (χ3v) is 3.24. The average Bonchev–Trinajstić information content (AvgIpc) is 2.32. The summed E-state index contributed by atoms with van der Waals surface area (Å²) >= 11 is 6.08. The van der Waals surface area contributed by atoms with Gasteiger partial charge in [-0.1, -0.05) is 29.8 Å². The monoisotopic (exact) mass is 323 g/mol. The summed E-state index contributed by atoms with van der Waals surface area (Å²) in [7, 11) is 0. The predicted octanol–water partition coefficient (Wildman–Crippen LogP) is 4.74. The Hall–Kier alpha value is -0.780. The van der Waals surface area contributed by atoms with Gasteiger partial charge < -0.3 is 10.1 Å². The molecule has 0 aliphatic heterocycles. The van der Waals surface area contributed by atoms with Crippen LogP contribution in [-0.4, -0.2) is 24.4 Å². The minimum absolute atomic E-state index is 0.232. The molecule has 0 bridgehead atoms. The highest BCUT2D eigenvalue weighted by Crippen LogP contribution is 2.31. The van der Waals surface area contributed by atoms with Crippen LogP contribution < -0.4 is 5.32 Å². The van der Waals surface area contributed by atoms with E-state index in [4.69, 9.17) is 16.3 Å². The molecule has 0 amide bonds. The Morgan fingerprint density at radius 3 is 2.24 bits per heavy atom. The van der Waals surface area contributed by atoms with Crippen molar-refractivity contribution in [3.8, 4) is 0 Å². The van der Waals surface area contributed by atoms with Gasteiger partial charge in [0.25, 0.3) is 0 Å². The van der Waals surface area contributed by atoms with Crippen molar-refractivity contribution in [3.63, 3.8) is 0 Å². The van der Waals surface area contributed by atoms with E-state index >= 15 is 0 Å². The quantitative estimate of drug-likeness (QED) is 0.845. The number of benzene rings is 1. The molecule has 1 aromatic rings. The molecule has 1 aromatic carbocycles. The lowest BCUT2D eigenvalue weighted by atomic mass is 10.1. The fourth-order valence-electron chi connectivity index (χ4n) is 1.69. The van der Waals surface area contributed by atoms with Crippen LogP contribution >= 0.6 is 11.6 Å². The molecule has 0 aliphatic rings. The van der Waals surface area contributed by atoms with Crippen LogP contribution in [0.15, 0.2) is 24.3 Å². The van der Waals surface area contributed by atoms with Gasteiger partial charge in [0.2, 0.25) is 0 Å². The van der Waals surface area contributed by atoms with Crippen LogP contribution in [0.1, 0.15) is 39.4 Å². The Bertz CT molecular complexity index is 457. The van der Waals surface area contributed by atoms with Crippen molar-refractivity contribution >= 4 is 11.6 Å². The second-order valence-corrected chi connectivity index (χ2v) is 6.37. The van der Waals surface area contributed by atoms with Gasteiger partial charge in [-0.3, -0.25) is 0 Å². The van der Waals surface area contributed by atoms with Crippen molar-refractivity contribution in [3.05, 3.63) is 34.9 Å². The van der Waals surface area contributed by atoms with E-state index in [2.05, 4.69) is 5.32 Å². The molecule has 0 radical (unpaired) electrons. The number of rotatable bonds is 5. The number of hydrogen-bond acceptors (Lipinski definition) is 2. The predicted molar refractivity (Wildman–Crippen MR) is 78.6 cm³/mol. The highest BCUT2D eigenvalue weighted by Gasteiger charge is 2.39. The van der Waals surface area contributed by atoms with Crippen LogP contribution in [0.5, 0.6) is 0 Å². The SMILES string of the molecule is CC(OC(CNC(C)(C)C)c1ccccc1Cl)C(F)(F)F. The van der Waals surface area contributed by atoms with Gasteiger partial charge in [0.15, 0.2) is 6.10 Å². The number of ether oxygens (including phenoxy) is 1. The molecule has 0 saturated carbocycles. The molecule has 21 heavy (non-hydrogen) atoms. The van der Waals surface area contributed by atoms with E-state index in [0.29, 0.717) is 10.6 Å². The number of alkyl halides is 3. The molecule has 0 saturated heterocycles. The van der Waals surface area contributed by atoms with E-state index in [1.807, 2.05) is 20.8 Å². The summed E-state index contributed by atoms with van der Waals surface area (Å²) < 4.78 is 43.4. The van der Waals surface area contributed by atoms with Crippen LogP contribution in [0, 0.1) is 0 Å². The Kier molecular flexibility index (Phi) is 6.08. The van der Waals surface area contributed by atoms with Gasteiger partial charge in [0.05, 0.1) is 6.10 Å². The Labute approximate surface area is 128 Å². The van der Waals surface area contributed by atoms with Crippen LogP contribution in [-0.2, 0) is 4.74 Å². The van der Waals surface area contributed by atoms with Gasteiger partial charge in [0, 0.05) is 22.7 Å². The summed E-state index contributed by atoms with van der Waals surface area (Å²) in [6, 6.07) is 6.78. The first kappa shape index (κ1) is 18.3. The van der Waals surface area contributed by atoms with Gasteiger partial charge in [-0.2, -0.15) is 13.2 Å². The number of nitrogens with one attached hydrogen (secondary N) is 1. The average molecular weight is 324 g/mol. The minimum Gasteiger partial charge on any atom is -0.360 e. The van der Waals surface area contributed by atoms with E-state index in [9.17, 15) is 13.2 Å². The number of hydrogen-bond donors (Lipinski definition) is 1. The molecule has 1 N–H and O–H groups in total. The smallest absolute Gasteiger partial charge is 0.360 e. The van der Waals surface area contributed by atoms with Crippen molar-refractivity contribution in [2.75, 3.05) is 6.54 Å². The second kappa shape index (κ2) is 6.99. The van der Waals surface area contributed by atoms with Gasteiger partial charge >= 0.3 is 6.18 Å². The highest BCUT2D eigenvalue weighted by atomic mass is 35.5. The summed E-state index contributed by atoms with van der Waals surface area (Å²) in [6.07, 6.45) is -7.03. The first-order valence-corrected chi connectivity index (χ1v) is 7.10. The van der Waals surface area contributed by atoms with E-state index in [1.54, 1.807) is 24.3 Å². The van der Waals surface area contributed by atoms with E-state index < -0.39 is 18.4 Å². The lowest BCUT2D eigenvalue weighted by Crippen LogP contribution is -2.41. The minimum atomic E-state index is -4.40. The standard InChI is InChI=1S/C15H21ClF3NO/c1-10(15(17,18)19)21-13(9-20-14(2,3)4)11-7-5-6-8-12(11)16/h5-8,10,13,20H,9H2,1-4H3. The maximum Gasteiger partial charge on any atom is 0.414 e. The zero-order valence-corrected chi connectivity index (χ0v) is 13.3. The van der Waals surface area contributed by atoms with Crippen molar-refractivity contribution in [2.24, 2.45) is 0 Å². The third-order valence-electron chi connectivity index (χ3n) is 2.90. The molecule has 120 valence electrons. The zero-order chi connectivity index (χ0) is 16.3. The topological polar surface area (TPSA) is 21.3 Å². The van der Waals surface area contributed by atoms with Gasteiger partial charge in [0.1, 0.15) is 0 Å². The molecule has 2 unspecified atom stereocenters. The van der Waals surface area contributed by atoms with Gasteiger partial charge in [-0.05, 0) is 33.8 Å². The fraction of sp³-hybridized carbons (Fsp3) is 0.600. The Balaban J connectivity index is 2.93. The molecule has 1 rings (SSSR count). The highest BCUT2D eigenvalue weighted by molar-refractivity contribution is 6.31. The second-order valence-electron chi connectivity index (χ2n) is 5.96. The van der Waals surface area contributed by atoms with Crippen LogP contribution in [0.2, 0.25) is 5.02 Å². The van der Waals surface area contributed by atoms with E-state index in [0.717, 1.165) is 6.92 Å².